The number of nitrogens with zero attached hydrogens (tertiary/aromatic N) is 2. The van der Waals surface area contributed by atoms with Crippen molar-refractivity contribution in [2.24, 2.45) is 0 Å². The molecule has 6 heteroatoms. The summed E-state index contributed by atoms with van der Waals surface area (Å²) in [6.07, 6.45) is 1.76. The second kappa shape index (κ2) is 9.27. The second-order valence-electron chi connectivity index (χ2n) is 7.32. The van der Waals surface area contributed by atoms with Crippen molar-refractivity contribution in [1.29, 1.82) is 5.26 Å². The maximum atomic E-state index is 12.7. The lowest BCUT2D eigenvalue weighted by atomic mass is 10.0. The summed E-state index contributed by atoms with van der Waals surface area (Å²) in [7, 11) is 0. The molecule has 6 nitrogen and oxygen atoms in total. The van der Waals surface area contributed by atoms with E-state index in [1.54, 1.807) is 6.26 Å². The summed E-state index contributed by atoms with van der Waals surface area (Å²) in [6, 6.07) is 13.4. The normalized spacial score (nSPS) is 10.6. The first-order valence-corrected chi connectivity index (χ1v) is 9.76. The molecule has 0 atom stereocenters. The maximum Gasteiger partial charge on any atom is 0.310 e. The molecule has 0 fully saturated rings. The number of nitriles is 1. The largest absolute Gasteiger partial charge is 0.464 e. The summed E-state index contributed by atoms with van der Waals surface area (Å²) in [6.45, 7) is 5.81. The van der Waals surface area contributed by atoms with Crippen LogP contribution in [0.15, 0.2) is 47.1 Å². The van der Waals surface area contributed by atoms with E-state index in [1.165, 1.54) is 4.90 Å². The highest BCUT2D eigenvalue weighted by atomic mass is 16.5. The van der Waals surface area contributed by atoms with E-state index in [4.69, 9.17) is 14.4 Å². The molecule has 0 spiro atoms. The summed E-state index contributed by atoms with van der Waals surface area (Å²) >= 11 is 0. The van der Waals surface area contributed by atoms with Gasteiger partial charge in [0.1, 0.15) is 5.58 Å². The zero-order valence-electron chi connectivity index (χ0n) is 17.4. The number of aryl methyl sites for hydroxylation is 3. The highest BCUT2D eigenvalue weighted by Crippen LogP contribution is 2.25. The topological polar surface area (TPSA) is 83.5 Å². The molecule has 30 heavy (non-hydrogen) atoms. The van der Waals surface area contributed by atoms with E-state index in [1.807, 2.05) is 63.2 Å². The van der Waals surface area contributed by atoms with Gasteiger partial charge < -0.3 is 14.1 Å². The van der Waals surface area contributed by atoms with Gasteiger partial charge in [0.25, 0.3) is 5.91 Å². The third kappa shape index (κ3) is 4.87. The molecule has 0 aliphatic carbocycles. The molecule has 3 aromatic rings. The molecule has 2 aromatic carbocycles. The van der Waals surface area contributed by atoms with Crippen molar-refractivity contribution >= 4 is 28.5 Å². The SMILES string of the molecule is Cc1ccc(N(CCC#N)C(=O)COC(=O)Cc2coc3cc(C)c(C)cc23)cc1. The number of carbonyl (C=O) groups is 2. The van der Waals surface area contributed by atoms with Crippen LogP contribution < -0.4 is 4.90 Å². The van der Waals surface area contributed by atoms with Gasteiger partial charge in [0, 0.05) is 23.2 Å². The number of furan rings is 1. The fourth-order valence-electron chi connectivity index (χ4n) is 3.18. The van der Waals surface area contributed by atoms with Crippen LogP contribution in [-0.2, 0) is 20.7 Å². The first-order chi connectivity index (χ1) is 14.4. The monoisotopic (exact) mass is 404 g/mol. The number of carbonyl (C=O) groups excluding carboxylic acids is 2. The number of amides is 1. The molecule has 0 aliphatic rings. The Balaban J connectivity index is 1.65. The Hall–Kier alpha value is -3.59. The zero-order valence-corrected chi connectivity index (χ0v) is 17.4. The van der Waals surface area contributed by atoms with Crippen LogP contribution in [0.5, 0.6) is 0 Å². The Morgan fingerprint density at radius 1 is 1.10 bits per heavy atom. The molecular formula is C24H24N2O4. The average molecular weight is 404 g/mol. The van der Waals surface area contributed by atoms with Gasteiger partial charge in [-0.2, -0.15) is 5.26 Å². The molecule has 0 bridgehead atoms. The number of anilines is 1. The molecule has 0 radical (unpaired) electrons. The Bertz CT molecular complexity index is 1110. The average Bonchev–Trinajstić information content (AvgIpc) is 3.09. The lowest BCUT2D eigenvalue weighted by molar-refractivity contribution is -0.147. The Kier molecular flexibility index (Phi) is 6.53. The summed E-state index contributed by atoms with van der Waals surface area (Å²) in [5.74, 6) is -0.876. The molecule has 0 aliphatic heterocycles. The molecule has 154 valence electrons. The highest BCUT2D eigenvalue weighted by molar-refractivity contribution is 5.95. The highest BCUT2D eigenvalue weighted by Gasteiger charge is 2.19. The van der Waals surface area contributed by atoms with Gasteiger partial charge in [-0.3, -0.25) is 9.59 Å². The minimum atomic E-state index is -0.506. The van der Waals surface area contributed by atoms with Gasteiger partial charge in [0.15, 0.2) is 6.61 Å². The van der Waals surface area contributed by atoms with Gasteiger partial charge in [-0.15, -0.1) is 0 Å². The molecule has 1 amide bonds. The van der Waals surface area contributed by atoms with Crippen LogP contribution in [0.4, 0.5) is 5.69 Å². The molecular weight excluding hydrogens is 380 g/mol. The minimum absolute atomic E-state index is 0.0194. The van der Waals surface area contributed by atoms with Crippen molar-refractivity contribution in [3.05, 3.63) is 64.9 Å². The number of esters is 1. The summed E-state index contributed by atoms with van der Waals surface area (Å²) in [5.41, 5.74) is 5.41. The van der Waals surface area contributed by atoms with Crippen molar-refractivity contribution in [2.45, 2.75) is 33.6 Å². The van der Waals surface area contributed by atoms with E-state index < -0.39 is 5.97 Å². The van der Waals surface area contributed by atoms with Crippen LogP contribution in [0.1, 0.15) is 28.7 Å². The standard InChI is InChI=1S/C24H24N2O4/c1-16-5-7-20(8-6-16)26(10-4-9-25)23(27)15-30-24(28)13-19-14-29-22-12-18(3)17(2)11-21(19)22/h5-8,11-12,14H,4,10,13,15H2,1-3H3. The van der Waals surface area contributed by atoms with E-state index in [9.17, 15) is 9.59 Å². The number of benzene rings is 2. The van der Waals surface area contributed by atoms with Gasteiger partial charge in [-0.1, -0.05) is 17.7 Å². The molecule has 0 unspecified atom stereocenters. The van der Waals surface area contributed by atoms with Gasteiger partial charge in [-0.05, 0) is 56.2 Å². The number of rotatable bonds is 7. The number of fused-ring (bicyclic) bond motifs is 1. The van der Waals surface area contributed by atoms with E-state index in [-0.39, 0.29) is 31.9 Å². The van der Waals surface area contributed by atoms with Crippen molar-refractivity contribution in [3.63, 3.8) is 0 Å². The third-order valence-corrected chi connectivity index (χ3v) is 5.06. The van der Waals surface area contributed by atoms with E-state index in [0.29, 0.717) is 5.69 Å². The Labute approximate surface area is 175 Å². The van der Waals surface area contributed by atoms with Crippen LogP contribution in [0, 0.1) is 32.1 Å². The lowest BCUT2D eigenvalue weighted by Crippen LogP contribution is -2.35. The molecule has 0 saturated heterocycles. The summed E-state index contributed by atoms with van der Waals surface area (Å²) in [4.78, 5) is 26.5. The fourth-order valence-corrected chi connectivity index (χ4v) is 3.18. The predicted molar refractivity (Wildman–Crippen MR) is 114 cm³/mol. The van der Waals surface area contributed by atoms with Crippen LogP contribution in [0.2, 0.25) is 0 Å². The first kappa shape index (κ1) is 21.1. The smallest absolute Gasteiger partial charge is 0.310 e. The van der Waals surface area contributed by atoms with E-state index in [0.717, 1.165) is 33.2 Å². The van der Waals surface area contributed by atoms with Gasteiger partial charge in [-0.25, -0.2) is 0 Å². The quantitative estimate of drug-likeness (QED) is 0.545. The lowest BCUT2D eigenvalue weighted by Gasteiger charge is -2.21. The Morgan fingerprint density at radius 2 is 1.80 bits per heavy atom. The van der Waals surface area contributed by atoms with E-state index >= 15 is 0 Å². The predicted octanol–water partition coefficient (Wildman–Crippen LogP) is 4.39. The molecule has 1 aromatic heterocycles. The van der Waals surface area contributed by atoms with Crippen LogP contribution in [-0.4, -0.2) is 25.0 Å². The second-order valence-corrected chi connectivity index (χ2v) is 7.32. The molecule has 0 N–H and O–H groups in total. The van der Waals surface area contributed by atoms with Crippen molar-refractivity contribution in [1.82, 2.24) is 0 Å². The van der Waals surface area contributed by atoms with Crippen LogP contribution in [0.3, 0.4) is 0 Å². The van der Waals surface area contributed by atoms with Crippen molar-refractivity contribution in [2.75, 3.05) is 18.1 Å². The third-order valence-electron chi connectivity index (χ3n) is 5.06. The first-order valence-electron chi connectivity index (χ1n) is 9.76. The van der Waals surface area contributed by atoms with Crippen molar-refractivity contribution < 1.29 is 18.7 Å². The Morgan fingerprint density at radius 3 is 2.50 bits per heavy atom. The number of ether oxygens (including phenoxy) is 1. The minimum Gasteiger partial charge on any atom is -0.464 e. The number of hydrogen-bond donors (Lipinski definition) is 0. The zero-order chi connectivity index (χ0) is 21.7. The summed E-state index contributed by atoms with van der Waals surface area (Å²) < 4.78 is 10.8. The van der Waals surface area contributed by atoms with Crippen molar-refractivity contribution in [3.8, 4) is 6.07 Å². The van der Waals surface area contributed by atoms with Crippen LogP contribution in [0.25, 0.3) is 11.0 Å². The van der Waals surface area contributed by atoms with Crippen LogP contribution >= 0.6 is 0 Å². The molecule has 1 heterocycles. The van der Waals surface area contributed by atoms with Gasteiger partial charge >= 0.3 is 5.97 Å². The van der Waals surface area contributed by atoms with Gasteiger partial charge in [0.05, 0.1) is 25.2 Å². The molecule has 3 rings (SSSR count). The fraction of sp³-hybridized carbons (Fsp3) is 0.292. The van der Waals surface area contributed by atoms with Gasteiger partial charge in [0.2, 0.25) is 0 Å². The molecule has 0 saturated carbocycles. The maximum absolute atomic E-state index is 12.7. The van der Waals surface area contributed by atoms with E-state index in [2.05, 4.69) is 0 Å². The number of hydrogen-bond acceptors (Lipinski definition) is 5. The summed E-state index contributed by atoms with van der Waals surface area (Å²) in [5, 5.41) is 9.76.